The number of rotatable bonds is 3. The second kappa shape index (κ2) is 5.91. The van der Waals surface area contributed by atoms with Crippen LogP contribution in [-0.2, 0) is 0 Å². The van der Waals surface area contributed by atoms with Crippen molar-refractivity contribution in [3.8, 4) is 0 Å². The van der Waals surface area contributed by atoms with Crippen molar-refractivity contribution in [2.45, 2.75) is 6.04 Å². The molecule has 1 atom stereocenters. The number of nitrogens with one attached hydrogen (secondary N) is 1. The van der Waals surface area contributed by atoms with Gasteiger partial charge in [-0.2, -0.15) is 0 Å². The lowest BCUT2D eigenvalue weighted by Crippen LogP contribution is -2.52. The highest BCUT2D eigenvalue weighted by atomic mass is 79.9. The van der Waals surface area contributed by atoms with Crippen molar-refractivity contribution in [3.05, 3.63) is 22.7 Å². The molecule has 0 saturated carbocycles. The first kappa shape index (κ1) is 13.6. The van der Waals surface area contributed by atoms with Crippen molar-refractivity contribution in [3.63, 3.8) is 0 Å². The van der Waals surface area contributed by atoms with Crippen LogP contribution in [-0.4, -0.2) is 56.1 Å². The van der Waals surface area contributed by atoms with Gasteiger partial charge in [0.1, 0.15) is 0 Å². The monoisotopic (exact) mass is 312 g/mol. The van der Waals surface area contributed by atoms with E-state index in [4.69, 9.17) is 5.73 Å². The van der Waals surface area contributed by atoms with Gasteiger partial charge in [0.2, 0.25) is 0 Å². The second-order valence-corrected chi connectivity index (χ2v) is 5.92. The first-order chi connectivity index (χ1) is 8.56. The molecule has 0 amide bonds. The first-order valence-corrected chi connectivity index (χ1v) is 7.03. The molecule has 0 radical (unpaired) electrons. The minimum atomic E-state index is 0.530. The summed E-state index contributed by atoms with van der Waals surface area (Å²) >= 11 is 3.47. The Balaban J connectivity index is 1.96. The lowest BCUT2D eigenvalue weighted by atomic mass is 10.1. The lowest BCUT2D eigenvalue weighted by molar-refractivity contribution is 0.122. The fraction of sp³-hybridized carbons (Fsp3) is 0.538. The van der Waals surface area contributed by atoms with E-state index in [1.54, 1.807) is 0 Å². The summed E-state index contributed by atoms with van der Waals surface area (Å²) in [6.07, 6.45) is 0. The van der Waals surface area contributed by atoms with Crippen LogP contribution < -0.4 is 11.1 Å². The SMILES string of the molecule is CN1CCN(C)C(CNc2cc(Br)ccc2N)C1. The first-order valence-electron chi connectivity index (χ1n) is 6.24. The smallest absolute Gasteiger partial charge is 0.0585 e. The highest BCUT2D eigenvalue weighted by Gasteiger charge is 2.21. The standard InChI is InChI=1S/C13H21BrN4/c1-17-5-6-18(2)11(9-17)8-16-13-7-10(14)3-4-12(13)15/h3-4,7,11,16H,5-6,8-9,15H2,1-2H3. The van der Waals surface area contributed by atoms with Crippen LogP contribution in [0.4, 0.5) is 11.4 Å². The van der Waals surface area contributed by atoms with Gasteiger partial charge in [-0.3, -0.25) is 4.90 Å². The lowest BCUT2D eigenvalue weighted by Gasteiger charge is -2.38. The van der Waals surface area contributed by atoms with Crippen LogP contribution in [0.15, 0.2) is 22.7 Å². The Kier molecular flexibility index (Phi) is 4.48. The summed E-state index contributed by atoms with van der Waals surface area (Å²) in [7, 11) is 4.36. The quantitative estimate of drug-likeness (QED) is 0.834. The molecule has 5 heteroatoms. The van der Waals surface area contributed by atoms with Gasteiger partial charge >= 0.3 is 0 Å². The Hall–Kier alpha value is -0.780. The molecule has 1 aromatic rings. The fourth-order valence-corrected chi connectivity index (χ4v) is 2.59. The third kappa shape index (κ3) is 3.37. The Morgan fingerprint density at radius 3 is 2.94 bits per heavy atom. The average molecular weight is 313 g/mol. The zero-order valence-electron chi connectivity index (χ0n) is 11.0. The molecule has 1 aliphatic rings. The predicted octanol–water partition coefficient (Wildman–Crippen LogP) is 1.69. The summed E-state index contributed by atoms with van der Waals surface area (Å²) in [5, 5.41) is 3.45. The van der Waals surface area contributed by atoms with Gasteiger partial charge < -0.3 is 16.0 Å². The number of likely N-dealkylation sites (N-methyl/N-ethyl adjacent to an activating group) is 2. The van der Waals surface area contributed by atoms with Gasteiger partial charge in [0.15, 0.2) is 0 Å². The van der Waals surface area contributed by atoms with E-state index in [1.807, 2.05) is 18.2 Å². The van der Waals surface area contributed by atoms with E-state index >= 15 is 0 Å². The number of nitrogens with two attached hydrogens (primary N) is 1. The summed E-state index contributed by atoms with van der Waals surface area (Å²) in [5.41, 5.74) is 7.76. The Bertz CT molecular complexity index is 410. The van der Waals surface area contributed by atoms with Crippen LogP contribution in [0.2, 0.25) is 0 Å². The Morgan fingerprint density at radius 2 is 2.17 bits per heavy atom. The third-order valence-electron chi connectivity index (χ3n) is 3.52. The van der Waals surface area contributed by atoms with Crippen LogP contribution in [0.25, 0.3) is 0 Å². The Morgan fingerprint density at radius 1 is 1.39 bits per heavy atom. The van der Waals surface area contributed by atoms with Gasteiger partial charge in [-0.15, -0.1) is 0 Å². The molecule has 18 heavy (non-hydrogen) atoms. The van der Waals surface area contributed by atoms with E-state index in [1.165, 1.54) is 0 Å². The van der Waals surface area contributed by atoms with Crippen molar-refractivity contribution in [2.24, 2.45) is 0 Å². The molecular weight excluding hydrogens is 292 g/mol. The zero-order chi connectivity index (χ0) is 13.1. The summed E-state index contributed by atoms with van der Waals surface area (Å²) in [6, 6.07) is 6.44. The van der Waals surface area contributed by atoms with Crippen LogP contribution in [0.1, 0.15) is 0 Å². The minimum absolute atomic E-state index is 0.530. The van der Waals surface area contributed by atoms with E-state index in [2.05, 4.69) is 45.1 Å². The molecule has 1 fully saturated rings. The molecule has 1 heterocycles. The molecule has 0 aromatic heterocycles. The number of piperazine rings is 1. The second-order valence-electron chi connectivity index (χ2n) is 5.01. The topological polar surface area (TPSA) is 44.5 Å². The number of hydrogen-bond donors (Lipinski definition) is 2. The molecule has 2 rings (SSSR count). The molecule has 100 valence electrons. The summed E-state index contributed by atoms with van der Waals surface area (Å²) in [5.74, 6) is 0. The number of benzene rings is 1. The maximum absolute atomic E-state index is 5.96. The van der Waals surface area contributed by atoms with E-state index in [9.17, 15) is 0 Å². The van der Waals surface area contributed by atoms with Crippen molar-refractivity contribution in [1.29, 1.82) is 0 Å². The molecule has 3 N–H and O–H groups in total. The molecule has 1 saturated heterocycles. The van der Waals surface area contributed by atoms with Crippen LogP contribution in [0.5, 0.6) is 0 Å². The summed E-state index contributed by atoms with van der Waals surface area (Å²) in [6.45, 7) is 4.28. The van der Waals surface area contributed by atoms with Crippen molar-refractivity contribution in [1.82, 2.24) is 9.80 Å². The van der Waals surface area contributed by atoms with Crippen molar-refractivity contribution < 1.29 is 0 Å². The highest BCUT2D eigenvalue weighted by Crippen LogP contribution is 2.23. The molecule has 1 aliphatic heterocycles. The number of nitrogen functional groups attached to an aromatic ring is 1. The molecular formula is C13H21BrN4. The molecule has 4 nitrogen and oxygen atoms in total. The summed E-state index contributed by atoms with van der Waals surface area (Å²) in [4.78, 5) is 4.78. The predicted molar refractivity (Wildman–Crippen MR) is 81.0 cm³/mol. The maximum atomic E-state index is 5.96. The van der Waals surface area contributed by atoms with Gasteiger partial charge in [0.25, 0.3) is 0 Å². The summed E-state index contributed by atoms with van der Waals surface area (Å²) < 4.78 is 1.05. The number of hydrogen-bond acceptors (Lipinski definition) is 4. The highest BCUT2D eigenvalue weighted by molar-refractivity contribution is 9.10. The normalized spacial score (nSPS) is 22.1. The molecule has 0 spiro atoms. The van der Waals surface area contributed by atoms with Gasteiger partial charge in [-0.1, -0.05) is 15.9 Å². The Labute approximate surface area is 117 Å². The number of anilines is 2. The molecule has 1 aromatic carbocycles. The van der Waals surface area contributed by atoms with Crippen LogP contribution >= 0.6 is 15.9 Å². The van der Waals surface area contributed by atoms with Crippen LogP contribution in [0.3, 0.4) is 0 Å². The minimum Gasteiger partial charge on any atom is -0.397 e. The van der Waals surface area contributed by atoms with Crippen LogP contribution in [0, 0.1) is 0 Å². The van der Waals surface area contributed by atoms with Gasteiger partial charge in [0.05, 0.1) is 11.4 Å². The largest absolute Gasteiger partial charge is 0.397 e. The van der Waals surface area contributed by atoms with Gasteiger partial charge in [-0.05, 0) is 32.3 Å². The van der Waals surface area contributed by atoms with E-state index in [0.717, 1.165) is 42.0 Å². The fourth-order valence-electron chi connectivity index (χ4n) is 2.23. The number of nitrogens with zero attached hydrogens (tertiary/aromatic N) is 2. The molecule has 1 unspecified atom stereocenters. The zero-order valence-corrected chi connectivity index (χ0v) is 12.6. The number of halogens is 1. The van der Waals surface area contributed by atoms with Gasteiger partial charge in [-0.25, -0.2) is 0 Å². The van der Waals surface area contributed by atoms with E-state index in [0.29, 0.717) is 6.04 Å². The van der Waals surface area contributed by atoms with E-state index in [-0.39, 0.29) is 0 Å². The van der Waals surface area contributed by atoms with Crippen molar-refractivity contribution in [2.75, 3.05) is 51.3 Å². The van der Waals surface area contributed by atoms with Crippen molar-refractivity contribution >= 4 is 27.3 Å². The average Bonchev–Trinajstić information content (AvgIpc) is 2.34. The maximum Gasteiger partial charge on any atom is 0.0585 e. The van der Waals surface area contributed by atoms with Gasteiger partial charge in [0, 0.05) is 36.7 Å². The molecule has 0 bridgehead atoms. The van der Waals surface area contributed by atoms with E-state index < -0.39 is 0 Å². The third-order valence-corrected chi connectivity index (χ3v) is 4.02. The molecule has 0 aliphatic carbocycles.